The van der Waals surface area contributed by atoms with Gasteiger partial charge in [-0.05, 0) is 30.5 Å². The summed E-state index contributed by atoms with van der Waals surface area (Å²) in [4.78, 5) is 14.0. The van der Waals surface area contributed by atoms with Crippen molar-refractivity contribution < 1.29 is 22.4 Å². The van der Waals surface area contributed by atoms with Crippen molar-refractivity contribution in [1.82, 2.24) is 14.7 Å². The SMILES string of the molecule is CC1(CN)CCN(C(=O)c2cnn(-c3ccccc3F)c2C(F)(F)F)C1. The van der Waals surface area contributed by atoms with Crippen LogP contribution in [0.3, 0.4) is 0 Å². The lowest BCUT2D eigenvalue weighted by Gasteiger charge is -2.22. The van der Waals surface area contributed by atoms with Gasteiger partial charge < -0.3 is 10.6 Å². The molecule has 1 aliphatic rings. The van der Waals surface area contributed by atoms with Gasteiger partial charge in [-0.1, -0.05) is 19.1 Å². The van der Waals surface area contributed by atoms with Gasteiger partial charge in [0, 0.05) is 13.1 Å². The van der Waals surface area contributed by atoms with Gasteiger partial charge in [0.25, 0.3) is 5.91 Å². The maximum Gasteiger partial charge on any atom is 0.434 e. The number of aromatic nitrogens is 2. The standard InChI is InChI=1S/C17H18F4N4O/c1-16(9-22)6-7-24(10-16)15(26)11-8-23-25(14(11)17(19,20)21)13-5-3-2-4-12(13)18/h2-5,8H,6-7,9-10,22H2,1H3. The van der Waals surface area contributed by atoms with Crippen LogP contribution in [0.2, 0.25) is 0 Å². The average molecular weight is 370 g/mol. The summed E-state index contributed by atoms with van der Waals surface area (Å²) in [6, 6.07) is 4.97. The van der Waals surface area contributed by atoms with Gasteiger partial charge in [0.15, 0.2) is 5.69 Å². The molecule has 1 aliphatic heterocycles. The minimum atomic E-state index is -4.87. The zero-order valence-corrected chi connectivity index (χ0v) is 14.1. The first-order chi connectivity index (χ1) is 12.2. The highest BCUT2D eigenvalue weighted by Crippen LogP contribution is 2.36. The fourth-order valence-electron chi connectivity index (χ4n) is 3.12. The number of carbonyl (C=O) groups excluding carboxylic acids is 1. The largest absolute Gasteiger partial charge is 0.434 e. The van der Waals surface area contributed by atoms with Crippen LogP contribution in [0.15, 0.2) is 30.5 Å². The number of para-hydroxylation sites is 1. The van der Waals surface area contributed by atoms with E-state index >= 15 is 0 Å². The molecule has 1 amide bonds. The Morgan fingerprint density at radius 2 is 2.04 bits per heavy atom. The third-order valence-electron chi connectivity index (χ3n) is 4.69. The lowest BCUT2D eigenvalue weighted by molar-refractivity contribution is -0.143. The maximum atomic E-state index is 14.0. The van der Waals surface area contributed by atoms with Crippen LogP contribution in [0.5, 0.6) is 0 Å². The molecule has 0 aliphatic carbocycles. The van der Waals surface area contributed by atoms with E-state index in [0.29, 0.717) is 24.2 Å². The third-order valence-corrected chi connectivity index (χ3v) is 4.69. The second kappa shape index (κ2) is 6.39. The molecule has 1 atom stereocenters. The van der Waals surface area contributed by atoms with E-state index in [1.165, 1.54) is 23.1 Å². The van der Waals surface area contributed by atoms with Gasteiger partial charge >= 0.3 is 6.18 Å². The number of halogens is 4. The molecule has 3 rings (SSSR count). The van der Waals surface area contributed by atoms with E-state index in [9.17, 15) is 22.4 Å². The molecular weight excluding hydrogens is 352 g/mol. The lowest BCUT2D eigenvalue weighted by atomic mass is 9.90. The maximum absolute atomic E-state index is 14.0. The van der Waals surface area contributed by atoms with E-state index in [1.54, 1.807) is 0 Å². The van der Waals surface area contributed by atoms with E-state index in [-0.39, 0.29) is 17.6 Å². The second-order valence-corrected chi connectivity index (χ2v) is 6.76. The molecule has 9 heteroatoms. The molecule has 26 heavy (non-hydrogen) atoms. The third kappa shape index (κ3) is 3.18. The smallest absolute Gasteiger partial charge is 0.338 e. The van der Waals surface area contributed by atoms with Crippen molar-refractivity contribution in [1.29, 1.82) is 0 Å². The minimum Gasteiger partial charge on any atom is -0.338 e. The number of amides is 1. The molecule has 2 aromatic rings. The van der Waals surface area contributed by atoms with Crippen LogP contribution in [0.1, 0.15) is 29.4 Å². The molecule has 0 saturated carbocycles. The van der Waals surface area contributed by atoms with Crippen LogP contribution in [-0.2, 0) is 6.18 Å². The Balaban J connectivity index is 2.04. The minimum absolute atomic E-state index is 0.268. The Morgan fingerprint density at radius 3 is 2.62 bits per heavy atom. The molecule has 1 fully saturated rings. The Labute approximate surface area is 147 Å². The van der Waals surface area contributed by atoms with Crippen molar-refractivity contribution in [3.8, 4) is 5.69 Å². The topological polar surface area (TPSA) is 64.2 Å². The van der Waals surface area contributed by atoms with Gasteiger partial charge in [-0.25, -0.2) is 9.07 Å². The summed E-state index contributed by atoms with van der Waals surface area (Å²) in [6.07, 6.45) is -3.42. The van der Waals surface area contributed by atoms with Gasteiger partial charge in [-0.15, -0.1) is 0 Å². The van der Waals surface area contributed by atoms with Crippen molar-refractivity contribution >= 4 is 5.91 Å². The number of rotatable bonds is 3. The van der Waals surface area contributed by atoms with E-state index in [4.69, 9.17) is 5.73 Å². The summed E-state index contributed by atoms with van der Waals surface area (Å²) >= 11 is 0. The number of nitrogens with two attached hydrogens (primary N) is 1. The van der Waals surface area contributed by atoms with E-state index in [2.05, 4.69) is 5.10 Å². The first kappa shape index (κ1) is 18.4. The molecule has 140 valence electrons. The molecule has 2 heterocycles. The Kier molecular flexibility index (Phi) is 4.51. The number of hydrogen-bond donors (Lipinski definition) is 1. The zero-order chi connectivity index (χ0) is 19.1. The normalized spacial score (nSPS) is 20.6. The van der Waals surface area contributed by atoms with Crippen LogP contribution in [0.25, 0.3) is 5.69 Å². The van der Waals surface area contributed by atoms with Crippen LogP contribution in [0.4, 0.5) is 17.6 Å². The Hall–Kier alpha value is -2.42. The van der Waals surface area contributed by atoms with Gasteiger partial charge in [-0.2, -0.15) is 18.3 Å². The predicted molar refractivity (Wildman–Crippen MR) is 86.2 cm³/mol. The van der Waals surface area contributed by atoms with Crippen molar-refractivity contribution in [2.45, 2.75) is 19.5 Å². The van der Waals surface area contributed by atoms with E-state index < -0.39 is 29.2 Å². The summed E-state index contributed by atoms with van der Waals surface area (Å²) in [6.45, 7) is 2.80. The summed E-state index contributed by atoms with van der Waals surface area (Å²) < 4.78 is 55.3. The van der Waals surface area contributed by atoms with Gasteiger partial charge in [-0.3, -0.25) is 4.79 Å². The number of nitrogens with zero attached hydrogens (tertiary/aromatic N) is 3. The molecule has 2 N–H and O–H groups in total. The van der Waals surface area contributed by atoms with Crippen molar-refractivity contribution in [2.75, 3.05) is 19.6 Å². The quantitative estimate of drug-likeness (QED) is 0.845. The van der Waals surface area contributed by atoms with Crippen molar-refractivity contribution in [3.05, 3.63) is 47.5 Å². The van der Waals surface area contributed by atoms with Crippen LogP contribution in [0, 0.1) is 11.2 Å². The molecule has 0 radical (unpaired) electrons. The molecule has 1 aromatic carbocycles. The zero-order valence-electron chi connectivity index (χ0n) is 14.1. The van der Waals surface area contributed by atoms with Gasteiger partial charge in [0.2, 0.25) is 0 Å². The highest BCUT2D eigenvalue weighted by atomic mass is 19.4. The van der Waals surface area contributed by atoms with Crippen molar-refractivity contribution in [2.24, 2.45) is 11.1 Å². The predicted octanol–water partition coefficient (Wildman–Crippen LogP) is 2.84. The molecule has 1 aromatic heterocycles. The van der Waals surface area contributed by atoms with Crippen LogP contribution in [-0.4, -0.2) is 40.2 Å². The fourth-order valence-corrected chi connectivity index (χ4v) is 3.12. The van der Waals surface area contributed by atoms with E-state index in [0.717, 1.165) is 12.3 Å². The summed E-state index contributed by atoms with van der Waals surface area (Å²) in [7, 11) is 0. The van der Waals surface area contributed by atoms with Gasteiger partial charge in [0.1, 0.15) is 11.5 Å². The highest BCUT2D eigenvalue weighted by molar-refractivity contribution is 5.95. The molecule has 1 unspecified atom stereocenters. The number of likely N-dealkylation sites (tertiary alicyclic amines) is 1. The van der Waals surface area contributed by atoms with Crippen molar-refractivity contribution in [3.63, 3.8) is 0 Å². The summed E-state index contributed by atoms with van der Waals surface area (Å²) in [5.74, 6) is -1.64. The molecule has 0 spiro atoms. The van der Waals surface area contributed by atoms with Crippen LogP contribution >= 0.6 is 0 Å². The fraction of sp³-hybridized carbons (Fsp3) is 0.412. The van der Waals surface area contributed by atoms with Gasteiger partial charge in [0.05, 0.1) is 11.8 Å². The molecular formula is C17H18F4N4O. The molecule has 0 bridgehead atoms. The molecule has 5 nitrogen and oxygen atoms in total. The summed E-state index contributed by atoms with van der Waals surface area (Å²) in [5.41, 5.74) is 3.12. The van der Waals surface area contributed by atoms with Crippen LogP contribution < -0.4 is 5.73 Å². The number of alkyl halides is 3. The Morgan fingerprint density at radius 1 is 1.35 bits per heavy atom. The number of benzene rings is 1. The lowest BCUT2D eigenvalue weighted by Crippen LogP contribution is -2.35. The highest BCUT2D eigenvalue weighted by Gasteiger charge is 2.43. The Bertz CT molecular complexity index is 832. The molecule has 1 saturated heterocycles. The first-order valence-electron chi connectivity index (χ1n) is 8.06. The number of hydrogen-bond acceptors (Lipinski definition) is 3. The first-order valence-corrected chi connectivity index (χ1v) is 8.06. The average Bonchev–Trinajstić information content (AvgIpc) is 3.19. The monoisotopic (exact) mass is 370 g/mol. The second-order valence-electron chi connectivity index (χ2n) is 6.76. The van der Waals surface area contributed by atoms with E-state index in [1.807, 2.05) is 6.92 Å². The number of carbonyl (C=O) groups is 1. The summed E-state index contributed by atoms with van der Waals surface area (Å²) in [5, 5.41) is 3.65.